The maximum Gasteiger partial charge on any atom is 0.139 e. The van der Waals surface area contributed by atoms with Gasteiger partial charge in [-0.05, 0) is 40.9 Å². The van der Waals surface area contributed by atoms with E-state index < -0.39 is 17.7 Å². The van der Waals surface area contributed by atoms with E-state index in [0.717, 1.165) is 28.8 Å². The van der Waals surface area contributed by atoms with Crippen LogP contribution in [0.5, 0.6) is 0 Å². The van der Waals surface area contributed by atoms with Crippen molar-refractivity contribution in [2.75, 3.05) is 11.9 Å². The molecule has 1 N–H and O–H groups in total. The number of nitrogens with zero attached hydrogens (tertiary/aromatic N) is 2. The summed E-state index contributed by atoms with van der Waals surface area (Å²) < 4.78 is 30.7. The number of hydrogen-bond acceptors (Lipinski definition) is 2. The molecule has 0 radical (unpaired) electrons. The number of aromatic nitrogens is 2. The zero-order valence-corrected chi connectivity index (χ0v) is 13.3. The summed E-state index contributed by atoms with van der Waals surface area (Å²) in [5, 5.41) is 7.81. The fourth-order valence-electron chi connectivity index (χ4n) is 2.79. The van der Waals surface area contributed by atoms with Gasteiger partial charge in [-0.1, -0.05) is 19.4 Å². The second-order valence-corrected chi connectivity index (χ2v) is 5.96. The summed E-state index contributed by atoms with van der Waals surface area (Å²) in [5.41, 5.74) is 1.02. The third kappa shape index (κ3) is 2.46. The maximum absolute atomic E-state index is 14.1. The van der Waals surface area contributed by atoms with E-state index in [4.69, 9.17) is 0 Å². The number of nitrogens with one attached hydrogen (secondary N) is 1. The van der Waals surface area contributed by atoms with E-state index in [-0.39, 0.29) is 5.56 Å². The zero-order valence-electron chi connectivity index (χ0n) is 11.7. The lowest BCUT2D eigenvalue weighted by atomic mass is 10.0. The Morgan fingerprint density at radius 2 is 2.10 bits per heavy atom. The second-order valence-electron chi connectivity index (χ2n) is 5.17. The summed E-state index contributed by atoms with van der Waals surface area (Å²) in [7, 11) is 0. The Balaban J connectivity index is 2.11. The maximum atomic E-state index is 14.1. The Labute approximate surface area is 130 Å². The molecular formula is C15H16BrF2N3. The van der Waals surface area contributed by atoms with E-state index in [1.807, 2.05) is 0 Å². The molecule has 0 amide bonds. The van der Waals surface area contributed by atoms with Gasteiger partial charge >= 0.3 is 0 Å². The molecule has 0 bridgehead atoms. The van der Waals surface area contributed by atoms with Gasteiger partial charge in [0.1, 0.15) is 17.5 Å². The summed E-state index contributed by atoms with van der Waals surface area (Å²) in [4.78, 5) is 0. The van der Waals surface area contributed by atoms with Crippen LogP contribution >= 0.6 is 15.9 Å². The highest BCUT2D eigenvalue weighted by Crippen LogP contribution is 2.37. The molecule has 3 nitrogen and oxygen atoms in total. The van der Waals surface area contributed by atoms with Crippen LogP contribution in [0, 0.1) is 11.6 Å². The molecule has 1 aliphatic heterocycles. The molecule has 0 aliphatic carbocycles. The minimum atomic E-state index is -0.517. The third-order valence-corrected chi connectivity index (χ3v) is 4.58. The van der Waals surface area contributed by atoms with Crippen LogP contribution in [0.1, 0.15) is 37.1 Å². The van der Waals surface area contributed by atoms with Gasteiger partial charge in [0, 0.05) is 12.1 Å². The SMILES string of the molecule is CCCc1nn2c(c1Br)NCCC2c1c(F)cccc1F. The first-order chi connectivity index (χ1) is 10.1. The molecule has 2 heterocycles. The molecule has 1 aromatic carbocycles. The molecule has 0 spiro atoms. The average molecular weight is 356 g/mol. The van der Waals surface area contributed by atoms with Gasteiger partial charge in [0.25, 0.3) is 0 Å². The number of hydrogen-bond donors (Lipinski definition) is 1. The Morgan fingerprint density at radius 1 is 1.38 bits per heavy atom. The largest absolute Gasteiger partial charge is 0.369 e. The van der Waals surface area contributed by atoms with Crippen LogP contribution in [-0.2, 0) is 6.42 Å². The third-order valence-electron chi connectivity index (χ3n) is 3.74. The van der Waals surface area contributed by atoms with Crippen molar-refractivity contribution in [3.63, 3.8) is 0 Å². The minimum absolute atomic E-state index is 0.0956. The average Bonchev–Trinajstić information content (AvgIpc) is 2.77. The number of halogens is 3. The molecule has 0 saturated heterocycles. The van der Waals surface area contributed by atoms with Gasteiger partial charge in [-0.2, -0.15) is 5.10 Å². The molecule has 112 valence electrons. The molecule has 1 aromatic heterocycles. The van der Waals surface area contributed by atoms with E-state index in [0.29, 0.717) is 13.0 Å². The van der Waals surface area contributed by atoms with Gasteiger partial charge in [-0.3, -0.25) is 0 Å². The predicted octanol–water partition coefficient (Wildman–Crippen LogP) is 4.28. The normalized spacial score (nSPS) is 17.4. The number of benzene rings is 1. The first-order valence-corrected chi connectivity index (χ1v) is 7.87. The number of anilines is 1. The van der Waals surface area contributed by atoms with Crippen molar-refractivity contribution in [2.24, 2.45) is 0 Å². The van der Waals surface area contributed by atoms with Crippen LogP contribution in [0.15, 0.2) is 22.7 Å². The van der Waals surface area contributed by atoms with Crippen LogP contribution < -0.4 is 5.32 Å². The molecule has 1 atom stereocenters. The highest BCUT2D eigenvalue weighted by Gasteiger charge is 2.30. The molecular weight excluding hydrogens is 340 g/mol. The number of aryl methyl sites for hydroxylation is 1. The van der Waals surface area contributed by atoms with Crippen LogP contribution in [0.4, 0.5) is 14.6 Å². The van der Waals surface area contributed by atoms with Crippen LogP contribution in [0.2, 0.25) is 0 Å². The molecule has 1 aliphatic rings. The topological polar surface area (TPSA) is 29.9 Å². The highest BCUT2D eigenvalue weighted by atomic mass is 79.9. The van der Waals surface area contributed by atoms with Gasteiger partial charge in [0.05, 0.1) is 16.2 Å². The fraction of sp³-hybridized carbons (Fsp3) is 0.400. The van der Waals surface area contributed by atoms with Gasteiger partial charge in [-0.15, -0.1) is 0 Å². The predicted molar refractivity (Wildman–Crippen MR) is 81.5 cm³/mol. The highest BCUT2D eigenvalue weighted by molar-refractivity contribution is 9.10. The van der Waals surface area contributed by atoms with Crippen molar-refractivity contribution in [1.29, 1.82) is 0 Å². The van der Waals surface area contributed by atoms with Crippen LogP contribution in [0.25, 0.3) is 0 Å². The summed E-state index contributed by atoms with van der Waals surface area (Å²) in [6, 6.07) is 3.57. The first kappa shape index (κ1) is 14.5. The fourth-order valence-corrected chi connectivity index (χ4v) is 3.39. The van der Waals surface area contributed by atoms with Gasteiger partial charge < -0.3 is 5.32 Å². The summed E-state index contributed by atoms with van der Waals surface area (Å²) >= 11 is 3.54. The second kappa shape index (κ2) is 5.75. The molecule has 3 rings (SSSR count). The van der Waals surface area contributed by atoms with E-state index >= 15 is 0 Å². The molecule has 6 heteroatoms. The lowest BCUT2D eigenvalue weighted by Gasteiger charge is -2.26. The summed E-state index contributed by atoms with van der Waals surface area (Å²) in [6.45, 7) is 2.74. The Hall–Kier alpha value is -1.43. The Kier molecular flexibility index (Phi) is 3.97. The summed E-state index contributed by atoms with van der Waals surface area (Å²) in [5.74, 6) is -0.231. The monoisotopic (exact) mass is 355 g/mol. The van der Waals surface area contributed by atoms with Gasteiger partial charge in [0.15, 0.2) is 0 Å². The molecule has 0 saturated carbocycles. The Bertz CT molecular complexity index is 649. The molecule has 0 fully saturated rings. The van der Waals surface area contributed by atoms with E-state index in [1.165, 1.54) is 18.2 Å². The van der Waals surface area contributed by atoms with E-state index in [2.05, 4.69) is 33.3 Å². The lowest BCUT2D eigenvalue weighted by Crippen LogP contribution is -2.26. The van der Waals surface area contributed by atoms with Crippen molar-refractivity contribution >= 4 is 21.7 Å². The van der Waals surface area contributed by atoms with Crippen molar-refractivity contribution in [2.45, 2.75) is 32.2 Å². The van der Waals surface area contributed by atoms with Crippen molar-refractivity contribution in [3.05, 3.63) is 45.6 Å². The van der Waals surface area contributed by atoms with Crippen molar-refractivity contribution < 1.29 is 8.78 Å². The minimum Gasteiger partial charge on any atom is -0.369 e. The van der Waals surface area contributed by atoms with E-state index in [1.54, 1.807) is 4.68 Å². The Morgan fingerprint density at radius 3 is 2.76 bits per heavy atom. The zero-order chi connectivity index (χ0) is 15.0. The number of rotatable bonds is 3. The standard InChI is InChI=1S/C15H16BrF2N3/c1-2-4-11-14(16)15-19-8-7-12(21(15)20-11)13-9(17)5-3-6-10(13)18/h3,5-6,12,19H,2,4,7-8H2,1H3. The number of fused-ring (bicyclic) bond motifs is 1. The van der Waals surface area contributed by atoms with Crippen molar-refractivity contribution in [1.82, 2.24) is 9.78 Å². The quantitative estimate of drug-likeness (QED) is 0.890. The lowest BCUT2D eigenvalue weighted by molar-refractivity contribution is 0.431. The molecule has 2 aromatic rings. The van der Waals surface area contributed by atoms with Gasteiger partial charge in [0.2, 0.25) is 0 Å². The molecule has 21 heavy (non-hydrogen) atoms. The van der Waals surface area contributed by atoms with E-state index in [9.17, 15) is 8.78 Å². The van der Waals surface area contributed by atoms with Crippen LogP contribution in [-0.4, -0.2) is 16.3 Å². The first-order valence-electron chi connectivity index (χ1n) is 7.08. The smallest absolute Gasteiger partial charge is 0.139 e. The van der Waals surface area contributed by atoms with Crippen molar-refractivity contribution in [3.8, 4) is 0 Å². The summed E-state index contributed by atoms with van der Waals surface area (Å²) in [6.07, 6.45) is 2.40. The van der Waals surface area contributed by atoms with Gasteiger partial charge in [-0.25, -0.2) is 13.5 Å². The molecule has 1 unspecified atom stereocenters. The van der Waals surface area contributed by atoms with Crippen LogP contribution in [0.3, 0.4) is 0 Å².